The molecule has 0 radical (unpaired) electrons. The maximum Gasteiger partial charge on any atom is 0.0965 e. The summed E-state index contributed by atoms with van der Waals surface area (Å²) in [6.07, 6.45) is 3.16. The Morgan fingerprint density at radius 3 is 3.31 bits per heavy atom. The van der Waals surface area contributed by atoms with E-state index in [1.807, 2.05) is 6.20 Å². The van der Waals surface area contributed by atoms with Crippen molar-refractivity contribution in [2.45, 2.75) is 32.2 Å². The summed E-state index contributed by atoms with van der Waals surface area (Å²) in [6, 6.07) is 0.617. The van der Waals surface area contributed by atoms with Gasteiger partial charge in [0, 0.05) is 36.6 Å². The summed E-state index contributed by atoms with van der Waals surface area (Å²) in [7, 11) is 0. The minimum atomic E-state index is 0.560. The molecule has 0 aromatic carbocycles. The Morgan fingerprint density at radius 2 is 2.56 bits per heavy atom. The summed E-state index contributed by atoms with van der Waals surface area (Å²) >= 11 is 1.77. The molecule has 1 aromatic rings. The third-order valence-electron chi connectivity index (χ3n) is 3.08. The lowest BCUT2D eigenvalue weighted by Crippen LogP contribution is -2.37. The molecule has 2 heterocycles. The molecule has 1 aromatic heterocycles. The van der Waals surface area contributed by atoms with Gasteiger partial charge in [0.05, 0.1) is 5.01 Å². The van der Waals surface area contributed by atoms with E-state index >= 15 is 0 Å². The lowest BCUT2D eigenvalue weighted by atomic mass is 10.1. The average Bonchev–Trinajstić information content (AvgIpc) is 2.70. The molecule has 2 unspecified atom stereocenters. The first-order valence-electron chi connectivity index (χ1n) is 6.11. The number of thiazole rings is 1. The summed E-state index contributed by atoms with van der Waals surface area (Å²) in [5.74, 6) is 0.560. The van der Waals surface area contributed by atoms with Crippen molar-refractivity contribution in [1.82, 2.24) is 15.2 Å². The normalized spacial score (nSPS) is 25.2. The number of nitrogens with one attached hydrogen (secondary N) is 1. The van der Waals surface area contributed by atoms with Gasteiger partial charge in [0.1, 0.15) is 0 Å². The van der Waals surface area contributed by atoms with Crippen LogP contribution < -0.4 is 5.32 Å². The fourth-order valence-corrected chi connectivity index (χ4v) is 2.99. The van der Waals surface area contributed by atoms with E-state index in [-0.39, 0.29) is 0 Å². The smallest absolute Gasteiger partial charge is 0.0965 e. The van der Waals surface area contributed by atoms with E-state index in [1.54, 1.807) is 11.3 Å². The van der Waals surface area contributed by atoms with Gasteiger partial charge in [-0.1, -0.05) is 6.92 Å². The molecule has 0 aliphatic carbocycles. The van der Waals surface area contributed by atoms with Crippen LogP contribution in [-0.2, 0) is 0 Å². The minimum absolute atomic E-state index is 0.560. The zero-order valence-corrected chi connectivity index (χ0v) is 11.0. The Balaban J connectivity index is 1.88. The molecule has 1 aliphatic rings. The first kappa shape index (κ1) is 12.0. The van der Waals surface area contributed by atoms with Gasteiger partial charge in [-0.15, -0.1) is 11.3 Å². The van der Waals surface area contributed by atoms with Gasteiger partial charge < -0.3 is 10.2 Å². The van der Waals surface area contributed by atoms with Crippen LogP contribution in [0.2, 0.25) is 0 Å². The number of hydrogen-bond donors (Lipinski definition) is 1. The summed E-state index contributed by atoms with van der Waals surface area (Å²) < 4.78 is 0. The van der Waals surface area contributed by atoms with Crippen LogP contribution in [0.5, 0.6) is 0 Å². The molecule has 16 heavy (non-hydrogen) atoms. The Bertz CT molecular complexity index is 299. The van der Waals surface area contributed by atoms with Crippen molar-refractivity contribution in [2.75, 3.05) is 26.2 Å². The molecule has 1 saturated heterocycles. The zero-order valence-electron chi connectivity index (χ0n) is 10.1. The summed E-state index contributed by atoms with van der Waals surface area (Å²) in [4.78, 5) is 6.97. The molecule has 2 atom stereocenters. The highest BCUT2D eigenvalue weighted by atomic mass is 32.1. The molecule has 0 saturated carbocycles. The Labute approximate surface area is 102 Å². The predicted octanol–water partition coefficient (Wildman–Crippen LogP) is 1.93. The third kappa shape index (κ3) is 3.27. The fourth-order valence-electron chi connectivity index (χ4n) is 2.30. The highest BCUT2D eigenvalue weighted by Crippen LogP contribution is 2.19. The van der Waals surface area contributed by atoms with Gasteiger partial charge >= 0.3 is 0 Å². The predicted molar refractivity (Wildman–Crippen MR) is 69.1 cm³/mol. The second-order valence-corrected chi connectivity index (χ2v) is 5.67. The van der Waals surface area contributed by atoms with Gasteiger partial charge in [-0.3, -0.25) is 0 Å². The van der Waals surface area contributed by atoms with Crippen LogP contribution in [0.3, 0.4) is 0 Å². The summed E-state index contributed by atoms with van der Waals surface area (Å²) in [5.41, 5.74) is 0. The van der Waals surface area contributed by atoms with Crippen molar-refractivity contribution in [2.24, 2.45) is 0 Å². The topological polar surface area (TPSA) is 28.2 Å². The lowest BCUT2D eigenvalue weighted by Gasteiger charge is -2.24. The van der Waals surface area contributed by atoms with Gasteiger partial charge in [0.2, 0.25) is 0 Å². The van der Waals surface area contributed by atoms with E-state index in [4.69, 9.17) is 0 Å². The van der Waals surface area contributed by atoms with Gasteiger partial charge in [-0.2, -0.15) is 0 Å². The second kappa shape index (κ2) is 5.75. The zero-order chi connectivity index (χ0) is 11.4. The molecule has 3 nitrogen and oxygen atoms in total. The van der Waals surface area contributed by atoms with Crippen LogP contribution >= 0.6 is 11.3 Å². The Morgan fingerprint density at radius 1 is 1.69 bits per heavy atom. The summed E-state index contributed by atoms with van der Waals surface area (Å²) in [5, 5.41) is 6.86. The first-order valence-corrected chi connectivity index (χ1v) is 6.99. The molecular formula is C12H21N3S. The van der Waals surface area contributed by atoms with Crippen molar-refractivity contribution in [1.29, 1.82) is 0 Å². The average molecular weight is 239 g/mol. The number of hydrogen-bond acceptors (Lipinski definition) is 4. The van der Waals surface area contributed by atoms with Crippen LogP contribution in [0.1, 0.15) is 31.2 Å². The Hall–Kier alpha value is -0.450. The second-order valence-electron chi connectivity index (χ2n) is 4.74. The molecule has 0 amide bonds. The van der Waals surface area contributed by atoms with Crippen LogP contribution in [0.4, 0.5) is 0 Å². The molecule has 1 fully saturated rings. The number of aromatic nitrogens is 1. The van der Waals surface area contributed by atoms with Crippen LogP contribution in [0.25, 0.3) is 0 Å². The summed E-state index contributed by atoms with van der Waals surface area (Å²) in [6.45, 7) is 9.22. The van der Waals surface area contributed by atoms with E-state index in [0.29, 0.717) is 12.0 Å². The maximum absolute atomic E-state index is 4.40. The standard InChI is InChI=1S/C12H21N3S/c1-10(12-14-5-7-16-12)8-15-6-3-4-13-11(2)9-15/h5,7,10-11,13H,3-4,6,8-9H2,1-2H3. The Kier molecular flexibility index (Phi) is 4.32. The van der Waals surface area contributed by atoms with Crippen LogP contribution in [0.15, 0.2) is 11.6 Å². The monoisotopic (exact) mass is 239 g/mol. The molecule has 4 heteroatoms. The molecule has 0 spiro atoms. The molecule has 2 rings (SSSR count). The maximum atomic E-state index is 4.40. The molecular weight excluding hydrogens is 218 g/mol. The van der Waals surface area contributed by atoms with Crippen molar-refractivity contribution >= 4 is 11.3 Å². The van der Waals surface area contributed by atoms with E-state index in [1.165, 1.54) is 18.0 Å². The van der Waals surface area contributed by atoms with Crippen molar-refractivity contribution in [3.05, 3.63) is 16.6 Å². The molecule has 1 aliphatic heterocycles. The van der Waals surface area contributed by atoms with Crippen molar-refractivity contribution in [3.63, 3.8) is 0 Å². The van der Waals surface area contributed by atoms with Crippen LogP contribution in [-0.4, -0.2) is 42.1 Å². The first-order chi connectivity index (χ1) is 7.75. The number of rotatable bonds is 3. The molecule has 90 valence electrons. The highest BCUT2D eigenvalue weighted by molar-refractivity contribution is 7.09. The van der Waals surface area contributed by atoms with E-state index in [9.17, 15) is 0 Å². The van der Waals surface area contributed by atoms with E-state index in [2.05, 4.69) is 34.4 Å². The van der Waals surface area contributed by atoms with Gasteiger partial charge in [0.25, 0.3) is 0 Å². The lowest BCUT2D eigenvalue weighted by molar-refractivity contribution is 0.260. The van der Waals surface area contributed by atoms with Gasteiger partial charge in [0.15, 0.2) is 0 Å². The van der Waals surface area contributed by atoms with Crippen LogP contribution in [0, 0.1) is 0 Å². The third-order valence-corrected chi connectivity index (χ3v) is 4.09. The van der Waals surface area contributed by atoms with Gasteiger partial charge in [-0.05, 0) is 26.4 Å². The number of nitrogens with zero attached hydrogens (tertiary/aromatic N) is 2. The highest BCUT2D eigenvalue weighted by Gasteiger charge is 2.17. The quantitative estimate of drug-likeness (QED) is 0.873. The largest absolute Gasteiger partial charge is 0.313 e. The fraction of sp³-hybridized carbons (Fsp3) is 0.750. The van der Waals surface area contributed by atoms with Crippen molar-refractivity contribution < 1.29 is 0 Å². The molecule has 0 bridgehead atoms. The van der Waals surface area contributed by atoms with E-state index in [0.717, 1.165) is 19.6 Å². The van der Waals surface area contributed by atoms with Gasteiger partial charge in [-0.25, -0.2) is 4.98 Å². The van der Waals surface area contributed by atoms with E-state index < -0.39 is 0 Å². The van der Waals surface area contributed by atoms with Crippen molar-refractivity contribution in [3.8, 4) is 0 Å². The minimum Gasteiger partial charge on any atom is -0.313 e. The SMILES string of the molecule is CC1CN(CC(C)c2nccs2)CCCN1. The molecule has 1 N–H and O–H groups in total.